The molecule has 1 nitrogen and oxygen atoms in total. The van der Waals surface area contributed by atoms with Gasteiger partial charge >= 0.3 is 7.00 Å². The average molecular weight is 121 g/mol. The van der Waals surface area contributed by atoms with Crippen molar-refractivity contribution in [1.82, 2.24) is 0 Å². The minimum absolute atomic E-state index is 0.798. The van der Waals surface area contributed by atoms with Gasteiger partial charge in [-0.2, -0.15) is 0 Å². The molecule has 6 heavy (non-hydrogen) atoms. The highest BCUT2D eigenvalue weighted by Crippen LogP contribution is 2.44. The van der Waals surface area contributed by atoms with Crippen LogP contribution in [0.5, 0.6) is 0 Å². The maximum absolute atomic E-state index is 10.4. The lowest BCUT2D eigenvalue weighted by atomic mass is 10.6. The molecule has 1 saturated heterocycles. The minimum Gasteiger partial charge on any atom is -0.0596 e. The highest BCUT2D eigenvalue weighted by atomic mass is 32.7. The monoisotopic (exact) mass is 121 g/mol. The van der Waals surface area contributed by atoms with Gasteiger partial charge in [-0.1, -0.05) is 4.57 Å². The lowest BCUT2D eigenvalue weighted by molar-refractivity contribution is 0.596. The molecule has 0 aromatic carbocycles. The van der Waals surface area contributed by atoms with Gasteiger partial charge in [-0.15, -0.1) is 0 Å². The standard InChI is InChI=1S/C3H6OPS/c4-5-2-1-3-6-5/h1-3H2/q+1. The molecule has 0 N–H and O–H groups in total. The van der Waals surface area contributed by atoms with E-state index in [4.69, 9.17) is 0 Å². The lowest BCUT2D eigenvalue weighted by Gasteiger charge is -1.56. The number of hydrogen-bond donors (Lipinski definition) is 0. The van der Waals surface area contributed by atoms with E-state index in [-0.39, 0.29) is 0 Å². The van der Waals surface area contributed by atoms with E-state index in [1.54, 1.807) is 11.4 Å². The number of hydrogen-bond acceptors (Lipinski definition) is 2. The van der Waals surface area contributed by atoms with Gasteiger partial charge in [0.2, 0.25) is 0 Å². The van der Waals surface area contributed by atoms with E-state index in [1.807, 2.05) is 0 Å². The molecule has 1 heterocycles. The number of rotatable bonds is 0. The second kappa shape index (κ2) is 1.94. The molecule has 0 aromatic rings. The zero-order valence-corrected chi connectivity index (χ0v) is 5.10. The van der Waals surface area contributed by atoms with Gasteiger partial charge in [0.15, 0.2) is 6.16 Å². The summed E-state index contributed by atoms with van der Waals surface area (Å²) >= 11 is 1.61. The van der Waals surface area contributed by atoms with E-state index in [9.17, 15) is 4.57 Å². The fraction of sp³-hybridized carbons (Fsp3) is 1.00. The molecule has 1 atom stereocenters. The molecular formula is C3H6OPS+. The molecule has 0 saturated carbocycles. The Balaban J connectivity index is 2.37. The first-order valence-corrected chi connectivity index (χ1v) is 5.01. The van der Waals surface area contributed by atoms with Crippen LogP contribution in [-0.4, -0.2) is 11.9 Å². The van der Waals surface area contributed by atoms with Crippen molar-refractivity contribution in [3.8, 4) is 0 Å². The fourth-order valence-electron chi connectivity index (χ4n) is 0.425. The highest BCUT2D eigenvalue weighted by Gasteiger charge is 2.23. The quantitative estimate of drug-likeness (QED) is 0.455. The first-order valence-electron chi connectivity index (χ1n) is 1.97. The molecule has 1 aliphatic rings. The van der Waals surface area contributed by atoms with Crippen molar-refractivity contribution in [3.63, 3.8) is 0 Å². The van der Waals surface area contributed by atoms with Crippen molar-refractivity contribution in [2.75, 3.05) is 11.9 Å². The van der Waals surface area contributed by atoms with Crippen LogP contribution >= 0.6 is 18.4 Å². The Morgan fingerprint density at radius 1 is 1.67 bits per heavy atom. The van der Waals surface area contributed by atoms with Gasteiger partial charge in [0.25, 0.3) is 0 Å². The van der Waals surface area contributed by atoms with Crippen molar-refractivity contribution >= 4 is 18.4 Å². The predicted octanol–water partition coefficient (Wildman–Crippen LogP) is 1.87. The molecule has 0 aromatic heterocycles. The maximum Gasteiger partial charge on any atom is 0.410 e. The third-order valence-electron chi connectivity index (χ3n) is 0.720. The second-order valence-electron chi connectivity index (χ2n) is 1.24. The molecule has 0 radical (unpaired) electrons. The fourth-order valence-corrected chi connectivity index (χ4v) is 3.43. The lowest BCUT2D eigenvalue weighted by Crippen LogP contribution is -1.64. The summed E-state index contributed by atoms with van der Waals surface area (Å²) in [5, 5.41) is 0. The maximum atomic E-state index is 10.4. The van der Waals surface area contributed by atoms with Crippen LogP contribution in [-0.2, 0) is 4.57 Å². The van der Waals surface area contributed by atoms with Gasteiger partial charge in [-0.05, 0) is 0 Å². The van der Waals surface area contributed by atoms with Gasteiger partial charge < -0.3 is 0 Å². The molecule has 0 aliphatic carbocycles. The van der Waals surface area contributed by atoms with Crippen LogP contribution in [0.25, 0.3) is 0 Å². The van der Waals surface area contributed by atoms with E-state index in [2.05, 4.69) is 0 Å². The van der Waals surface area contributed by atoms with E-state index in [0.717, 1.165) is 11.9 Å². The molecule has 1 aliphatic heterocycles. The van der Waals surface area contributed by atoms with Gasteiger partial charge in [0, 0.05) is 12.2 Å². The summed E-state index contributed by atoms with van der Waals surface area (Å²) < 4.78 is 10.4. The van der Waals surface area contributed by atoms with Crippen molar-refractivity contribution in [2.45, 2.75) is 6.42 Å². The Bertz CT molecular complexity index is 65.2. The summed E-state index contributed by atoms with van der Waals surface area (Å²) in [6.45, 7) is 0. The molecule has 0 spiro atoms. The molecule has 1 unspecified atom stereocenters. The van der Waals surface area contributed by atoms with Crippen molar-refractivity contribution in [3.05, 3.63) is 0 Å². The summed E-state index contributed by atoms with van der Waals surface area (Å²) in [7, 11) is -0.798. The second-order valence-corrected chi connectivity index (χ2v) is 5.02. The third kappa shape index (κ3) is 0.954. The molecule has 0 bridgehead atoms. The largest absolute Gasteiger partial charge is 0.410 e. The zero-order valence-electron chi connectivity index (χ0n) is 3.39. The molecule has 1 rings (SSSR count). The summed E-state index contributed by atoms with van der Waals surface area (Å²) in [6.07, 6.45) is 2.12. The van der Waals surface area contributed by atoms with Crippen LogP contribution < -0.4 is 0 Å². The summed E-state index contributed by atoms with van der Waals surface area (Å²) in [5.74, 6) is 1.12. The average Bonchev–Trinajstić information content (AvgIpc) is 1.86. The van der Waals surface area contributed by atoms with Gasteiger partial charge in [0.1, 0.15) is 11.4 Å². The Hall–Kier alpha value is 0.450. The predicted molar refractivity (Wildman–Crippen MR) is 29.5 cm³/mol. The van der Waals surface area contributed by atoms with Gasteiger partial charge in [-0.3, -0.25) is 0 Å². The first-order chi connectivity index (χ1) is 2.89. The summed E-state index contributed by atoms with van der Waals surface area (Å²) in [4.78, 5) is 0. The molecule has 1 fully saturated rings. The third-order valence-corrected chi connectivity index (χ3v) is 4.12. The zero-order chi connectivity index (χ0) is 4.41. The van der Waals surface area contributed by atoms with Crippen LogP contribution in [0.3, 0.4) is 0 Å². The Labute approximate surface area is 42.0 Å². The van der Waals surface area contributed by atoms with Crippen molar-refractivity contribution in [2.24, 2.45) is 0 Å². The Kier molecular flexibility index (Phi) is 1.49. The van der Waals surface area contributed by atoms with Crippen molar-refractivity contribution in [1.29, 1.82) is 0 Å². The minimum atomic E-state index is -0.798. The Morgan fingerprint density at radius 2 is 2.50 bits per heavy atom. The summed E-state index contributed by atoms with van der Waals surface area (Å²) in [6, 6.07) is 0. The van der Waals surface area contributed by atoms with Crippen LogP contribution in [0.15, 0.2) is 0 Å². The molecule has 3 heteroatoms. The molecule has 0 amide bonds. The van der Waals surface area contributed by atoms with Gasteiger partial charge in [-0.25, -0.2) is 0 Å². The highest BCUT2D eigenvalue weighted by molar-refractivity contribution is 8.52. The van der Waals surface area contributed by atoms with E-state index < -0.39 is 7.00 Å². The molecule has 34 valence electrons. The Morgan fingerprint density at radius 3 is 2.67 bits per heavy atom. The first kappa shape index (κ1) is 4.61. The molecular weight excluding hydrogens is 115 g/mol. The van der Waals surface area contributed by atoms with Crippen LogP contribution in [0.2, 0.25) is 0 Å². The van der Waals surface area contributed by atoms with E-state index in [0.29, 0.717) is 0 Å². The normalized spacial score (nSPS) is 28.3. The van der Waals surface area contributed by atoms with Crippen LogP contribution in [0.1, 0.15) is 6.42 Å². The summed E-state index contributed by atoms with van der Waals surface area (Å²) in [5.41, 5.74) is 0. The van der Waals surface area contributed by atoms with E-state index in [1.165, 1.54) is 6.42 Å². The van der Waals surface area contributed by atoms with Crippen LogP contribution in [0, 0.1) is 0 Å². The van der Waals surface area contributed by atoms with E-state index >= 15 is 0 Å². The van der Waals surface area contributed by atoms with Gasteiger partial charge in [0.05, 0.1) is 0 Å². The topological polar surface area (TPSA) is 17.1 Å². The SMILES string of the molecule is O=[P+]1CCCS1. The smallest absolute Gasteiger partial charge is 0.0596 e. The van der Waals surface area contributed by atoms with Crippen molar-refractivity contribution < 1.29 is 4.57 Å². The van der Waals surface area contributed by atoms with Crippen LogP contribution in [0.4, 0.5) is 0 Å².